The Morgan fingerprint density at radius 3 is 2.62 bits per heavy atom. The van der Waals surface area contributed by atoms with Crippen molar-refractivity contribution in [2.24, 2.45) is 0 Å². The first-order chi connectivity index (χ1) is 14.0. The number of ether oxygens (including phenoxy) is 2. The summed E-state index contributed by atoms with van der Waals surface area (Å²) in [5.74, 6) is 0.455. The first kappa shape index (κ1) is 20.0. The first-order valence-electron chi connectivity index (χ1n) is 8.52. The van der Waals surface area contributed by atoms with Gasteiger partial charge in [-0.1, -0.05) is 36.4 Å². The quantitative estimate of drug-likeness (QED) is 0.363. The van der Waals surface area contributed by atoms with Gasteiger partial charge in [-0.2, -0.15) is 0 Å². The Bertz CT molecular complexity index is 1080. The summed E-state index contributed by atoms with van der Waals surface area (Å²) in [6.07, 6.45) is 0. The van der Waals surface area contributed by atoms with Crippen LogP contribution in [0.15, 0.2) is 60.7 Å². The molecule has 0 aliphatic rings. The molecule has 0 aliphatic carbocycles. The van der Waals surface area contributed by atoms with Crippen LogP contribution in [0.1, 0.15) is 0 Å². The highest BCUT2D eigenvalue weighted by Gasteiger charge is 2.14. The number of rotatable bonds is 6. The fourth-order valence-corrected chi connectivity index (χ4v) is 2.91. The van der Waals surface area contributed by atoms with Gasteiger partial charge in [-0.25, -0.2) is 0 Å². The summed E-state index contributed by atoms with van der Waals surface area (Å²) in [6, 6.07) is 17.3. The number of anilines is 1. The number of carbonyl (C=O) groups is 1. The van der Waals surface area contributed by atoms with E-state index in [1.807, 2.05) is 36.4 Å². The van der Waals surface area contributed by atoms with E-state index < -0.39 is 10.8 Å². The number of hydrogen-bond donors (Lipinski definition) is 2. The van der Waals surface area contributed by atoms with E-state index in [9.17, 15) is 14.9 Å². The molecule has 0 fully saturated rings. The number of hydrogen-bond acceptors (Lipinski definition) is 6. The lowest BCUT2D eigenvalue weighted by Crippen LogP contribution is -2.37. The third-order valence-corrected chi connectivity index (χ3v) is 4.21. The minimum Gasteiger partial charge on any atom is -0.495 e. The molecule has 29 heavy (non-hydrogen) atoms. The van der Waals surface area contributed by atoms with Gasteiger partial charge >= 0.3 is 0 Å². The molecule has 0 bridgehead atoms. The predicted molar refractivity (Wildman–Crippen MR) is 113 cm³/mol. The molecule has 0 saturated carbocycles. The second-order valence-electron chi connectivity index (χ2n) is 5.91. The van der Waals surface area contributed by atoms with Gasteiger partial charge in [0, 0.05) is 17.5 Å². The van der Waals surface area contributed by atoms with Gasteiger partial charge < -0.3 is 14.8 Å². The van der Waals surface area contributed by atoms with Crippen molar-refractivity contribution in [1.82, 2.24) is 5.32 Å². The van der Waals surface area contributed by atoms with Crippen molar-refractivity contribution in [2.45, 2.75) is 0 Å². The average molecular weight is 411 g/mol. The monoisotopic (exact) mass is 411 g/mol. The molecule has 0 heterocycles. The average Bonchev–Trinajstić information content (AvgIpc) is 2.72. The highest BCUT2D eigenvalue weighted by molar-refractivity contribution is 7.80. The Kier molecular flexibility index (Phi) is 6.20. The highest BCUT2D eigenvalue weighted by Crippen LogP contribution is 2.29. The van der Waals surface area contributed by atoms with Crippen LogP contribution in [0.2, 0.25) is 0 Å². The third kappa shape index (κ3) is 4.96. The molecule has 3 aromatic rings. The van der Waals surface area contributed by atoms with Crippen LogP contribution in [0, 0.1) is 10.1 Å². The van der Waals surface area contributed by atoms with Crippen molar-refractivity contribution in [3.8, 4) is 11.5 Å². The van der Waals surface area contributed by atoms with Gasteiger partial charge in [-0.3, -0.25) is 20.2 Å². The molecule has 0 atom stereocenters. The van der Waals surface area contributed by atoms with Crippen LogP contribution in [0.5, 0.6) is 11.5 Å². The molecule has 2 N–H and O–H groups in total. The molecule has 1 amide bonds. The van der Waals surface area contributed by atoms with Gasteiger partial charge in [-0.05, 0) is 29.7 Å². The van der Waals surface area contributed by atoms with E-state index in [4.69, 9.17) is 21.7 Å². The van der Waals surface area contributed by atoms with Crippen molar-refractivity contribution in [1.29, 1.82) is 0 Å². The molecule has 0 spiro atoms. The zero-order chi connectivity index (χ0) is 20.8. The van der Waals surface area contributed by atoms with E-state index in [1.165, 1.54) is 25.3 Å². The molecule has 0 aromatic heterocycles. The van der Waals surface area contributed by atoms with Crippen LogP contribution in [-0.4, -0.2) is 29.7 Å². The highest BCUT2D eigenvalue weighted by atomic mass is 32.1. The van der Waals surface area contributed by atoms with E-state index in [2.05, 4.69) is 10.6 Å². The number of non-ortho nitro benzene ring substituents is 1. The van der Waals surface area contributed by atoms with Crippen molar-refractivity contribution in [3.63, 3.8) is 0 Å². The van der Waals surface area contributed by atoms with Crippen LogP contribution in [0.4, 0.5) is 11.4 Å². The number of nitro groups is 1. The molecular weight excluding hydrogens is 394 g/mol. The van der Waals surface area contributed by atoms with E-state index in [0.717, 1.165) is 10.8 Å². The van der Waals surface area contributed by atoms with Crippen LogP contribution >= 0.6 is 12.2 Å². The number of benzene rings is 3. The number of fused-ring (bicyclic) bond motifs is 1. The zero-order valence-corrected chi connectivity index (χ0v) is 16.2. The molecule has 0 aliphatic heterocycles. The number of amides is 1. The summed E-state index contributed by atoms with van der Waals surface area (Å²) in [4.78, 5) is 22.6. The van der Waals surface area contributed by atoms with E-state index >= 15 is 0 Å². The Labute approximate surface area is 171 Å². The summed E-state index contributed by atoms with van der Waals surface area (Å²) < 4.78 is 10.8. The van der Waals surface area contributed by atoms with Crippen molar-refractivity contribution in [3.05, 3.63) is 70.8 Å². The third-order valence-electron chi connectivity index (χ3n) is 4.00. The molecule has 3 aromatic carbocycles. The SMILES string of the molecule is COc1ccc([N+](=O)[O-])cc1NC(=S)NC(=O)COc1cccc2ccccc12. The maximum atomic E-state index is 12.2. The number of methoxy groups -OCH3 is 1. The predicted octanol–water partition coefficient (Wildman–Crippen LogP) is 3.65. The lowest BCUT2D eigenvalue weighted by Gasteiger charge is -2.13. The van der Waals surface area contributed by atoms with Gasteiger partial charge in [0.15, 0.2) is 11.7 Å². The zero-order valence-electron chi connectivity index (χ0n) is 15.4. The molecular formula is C20H17N3O5S. The Hall–Kier alpha value is -3.72. The number of nitrogens with zero attached hydrogens (tertiary/aromatic N) is 1. The van der Waals surface area contributed by atoms with Gasteiger partial charge in [0.25, 0.3) is 11.6 Å². The number of nitro benzene ring substituents is 1. The first-order valence-corrected chi connectivity index (χ1v) is 8.92. The lowest BCUT2D eigenvalue weighted by atomic mass is 10.1. The smallest absolute Gasteiger partial charge is 0.271 e. The van der Waals surface area contributed by atoms with Crippen LogP contribution < -0.4 is 20.1 Å². The minimum atomic E-state index is -0.537. The Morgan fingerprint density at radius 2 is 1.86 bits per heavy atom. The summed E-state index contributed by atoms with van der Waals surface area (Å²) in [7, 11) is 1.42. The minimum absolute atomic E-state index is 0.0321. The fourth-order valence-electron chi connectivity index (χ4n) is 2.69. The molecule has 3 rings (SSSR count). The van der Waals surface area contributed by atoms with E-state index in [-0.39, 0.29) is 23.1 Å². The second-order valence-corrected chi connectivity index (χ2v) is 6.32. The molecule has 0 radical (unpaired) electrons. The molecule has 0 saturated heterocycles. The molecule has 9 heteroatoms. The fraction of sp³-hybridized carbons (Fsp3) is 0.100. The van der Waals surface area contributed by atoms with Gasteiger partial charge in [0.1, 0.15) is 11.5 Å². The standard InChI is InChI=1S/C20H17N3O5S/c1-27-18-10-9-14(23(25)26)11-16(18)21-20(29)22-19(24)12-28-17-8-4-6-13-5-2-3-7-15(13)17/h2-11H,12H2,1H3,(H2,21,22,24,29). The normalized spacial score (nSPS) is 10.2. The van der Waals surface area contributed by atoms with Crippen molar-refractivity contribution >= 4 is 45.4 Å². The van der Waals surface area contributed by atoms with Crippen LogP contribution in [0.25, 0.3) is 10.8 Å². The molecule has 0 unspecified atom stereocenters. The number of carbonyl (C=O) groups excluding carboxylic acids is 1. The number of thiocarbonyl (C=S) groups is 1. The van der Waals surface area contributed by atoms with Gasteiger partial charge in [-0.15, -0.1) is 0 Å². The largest absolute Gasteiger partial charge is 0.495 e. The topological polar surface area (TPSA) is 103 Å². The van der Waals surface area contributed by atoms with Crippen LogP contribution in [0.3, 0.4) is 0 Å². The van der Waals surface area contributed by atoms with Gasteiger partial charge in [0.2, 0.25) is 0 Å². The number of nitrogens with one attached hydrogen (secondary N) is 2. The molecule has 8 nitrogen and oxygen atoms in total. The second kappa shape index (κ2) is 8.98. The lowest BCUT2D eigenvalue weighted by molar-refractivity contribution is -0.384. The summed E-state index contributed by atoms with van der Waals surface area (Å²) >= 11 is 5.11. The summed E-state index contributed by atoms with van der Waals surface area (Å²) in [6.45, 7) is -0.248. The summed E-state index contributed by atoms with van der Waals surface area (Å²) in [5, 5.41) is 18.0. The maximum Gasteiger partial charge on any atom is 0.271 e. The van der Waals surface area contributed by atoms with E-state index in [1.54, 1.807) is 6.07 Å². The van der Waals surface area contributed by atoms with Crippen molar-refractivity contribution < 1.29 is 19.2 Å². The van der Waals surface area contributed by atoms with Crippen LogP contribution in [-0.2, 0) is 4.79 Å². The Balaban J connectivity index is 1.62. The van der Waals surface area contributed by atoms with Gasteiger partial charge in [0.05, 0.1) is 17.7 Å². The van der Waals surface area contributed by atoms with Crippen molar-refractivity contribution in [2.75, 3.05) is 19.0 Å². The molecule has 148 valence electrons. The van der Waals surface area contributed by atoms with E-state index in [0.29, 0.717) is 11.5 Å². The maximum absolute atomic E-state index is 12.2. The summed E-state index contributed by atoms with van der Waals surface area (Å²) in [5.41, 5.74) is 0.128. The Morgan fingerprint density at radius 1 is 1.10 bits per heavy atom.